The van der Waals surface area contributed by atoms with Gasteiger partial charge in [0.2, 0.25) is 10.0 Å². The van der Waals surface area contributed by atoms with Gasteiger partial charge in [-0.25, -0.2) is 13.1 Å². The van der Waals surface area contributed by atoms with Gasteiger partial charge in [-0.3, -0.25) is 0 Å². The van der Waals surface area contributed by atoms with Crippen molar-refractivity contribution < 1.29 is 13.2 Å². The molecule has 0 spiro atoms. The van der Waals surface area contributed by atoms with Crippen LogP contribution < -0.4 is 15.2 Å². The van der Waals surface area contributed by atoms with Crippen LogP contribution in [0.15, 0.2) is 24.3 Å². The molecule has 0 aromatic heterocycles. The van der Waals surface area contributed by atoms with Crippen molar-refractivity contribution in [1.82, 2.24) is 4.72 Å². The van der Waals surface area contributed by atoms with Gasteiger partial charge in [0.05, 0.1) is 12.9 Å². The topological polar surface area (TPSA) is 81.4 Å². The second kappa shape index (κ2) is 5.69. The van der Waals surface area contributed by atoms with Gasteiger partial charge in [0.25, 0.3) is 0 Å². The SMILES string of the molecule is COc1cccc(CS(=O)(=O)NCC(C)(C)N)c1. The molecule has 0 aliphatic heterocycles. The summed E-state index contributed by atoms with van der Waals surface area (Å²) in [5.41, 5.74) is 5.84. The molecule has 1 aromatic rings. The second-order valence-electron chi connectivity index (χ2n) is 4.92. The Labute approximate surface area is 108 Å². The van der Waals surface area contributed by atoms with Crippen LogP contribution in [-0.4, -0.2) is 27.6 Å². The fourth-order valence-electron chi connectivity index (χ4n) is 1.33. The third-order valence-corrected chi connectivity index (χ3v) is 3.54. The lowest BCUT2D eigenvalue weighted by Gasteiger charge is -2.19. The maximum Gasteiger partial charge on any atom is 0.215 e. The van der Waals surface area contributed by atoms with E-state index in [1.54, 1.807) is 45.2 Å². The average Bonchev–Trinajstić information content (AvgIpc) is 2.25. The van der Waals surface area contributed by atoms with Crippen LogP contribution in [0.3, 0.4) is 0 Å². The van der Waals surface area contributed by atoms with Gasteiger partial charge in [0.1, 0.15) is 5.75 Å². The van der Waals surface area contributed by atoms with Gasteiger partial charge in [0, 0.05) is 12.1 Å². The lowest BCUT2D eigenvalue weighted by atomic mass is 10.1. The fraction of sp³-hybridized carbons (Fsp3) is 0.500. The summed E-state index contributed by atoms with van der Waals surface area (Å²) in [7, 11) is -1.83. The molecule has 0 saturated heterocycles. The highest BCUT2D eigenvalue weighted by molar-refractivity contribution is 7.88. The highest BCUT2D eigenvalue weighted by Gasteiger charge is 2.17. The molecule has 1 aromatic carbocycles. The van der Waals surface area contributed by atoms with Crippen LogP contribution in [0.5, 0.6) is 5.75 Å². The van der Waals surface area contributed by atoms with E-state index in [1.807, 2.05) is 0 Å². The minimum absolute atomic E-state index is 0.0831. The predicted molar refractivity (Wildman–Crippen MR) is 71.9 cm³/mol. The highest BCUT2D eigenvalue weighted by Crippen LogP contribution is 2.14. The van der Waals surface area contributed by atoms with E-state index in [1.165, 1.54) is 0 Å². The van der Waals surface area contributed by atoms with Crippen molar-refractivity contribution in [3.8, 4) is 5.75 Å². The number of methoxy groups -OCH3 is 1. The lowest BCUT2D eigenvalue weighted by Crippen LogP contribution is -2.45. The molecule has 0 bridgehead atoms. The molecule has 0 saturated carbocycles. The molecule has 1 rings (SSSR count). The summed E-state index contributed by atoms with van der Waals surface area (Å²) in [6, 6.07) is 6.98. The first kappa shape index (κ1) is 14.9. The summed E-state index contributed by atoms with van der Waals surface area (Å²) >= 11 is 0. The third kappa shape index (κ3) is 5.48. The Bertz CT molecular complexity index is 492. The van der Waals surface area contributed by atoms with E-state index in [4.69, 9.17) is 10.5 Å². The third-order valence-electron chi connectivity index (χ3n) is 2.24. The molecule has 0 heterocycles. The molecule has 5 nitrogen and oxygen atoms in total. The molecule has 0 aliphatic rings. The van der Waals surface area contributed by atoms with Crippen LogP contribution in [0, 0.1) is 0 Å². The zero-order chi connectivity index (χ0) is 13.8. The van der Waals surface area contributed by atoms with Crippen LogP contribution in [0.4, 0.5) is 0 Å². The molecule has 102 valence electrons. The number of sulfonamides is 1. The first-order valence-corrected chi connectivity index (χ1v) is 7.26. The summed E-state index contributed by atoms with van der Waals surface area (Å²) in [6.07, 6.45) is 0. The van der Waals surface area contributed by atoms with E-state index in [2.05, 4.69) is 4.72 Å². The standard InChI is InChI=1S/C12H20N2O3S/c1-12(2,13)9-14-18(15,16)8-10-5-4-6-11(7-10)17-3/h4-7,14H,8-9,13H2,1-3H3. The van der Waals surface area contributed by atoms with E-state index in [0.29, 0.717) is 11.3 Å². The van der Waals surface area contributed by atoms with Gasteiger partial charge in [0.15, 0.2) is 0 Å². The van der Waals surface area contributed by atoms with Crippen LogP contribution >= 0.6 is 0 Å². The van der Waals surface area contributed by atoms with E-state index in [-0.39, 0.29) is 12.3 Å². The van der Waals surface area contributed by atoms with Crippen molar-refractivity contribution in [2.24, 2.45) is 5.73 Å². The molecule has 0 atom stereocenters. The minimum Gasteiger partial charge on any atom is -0.497 e. The number of hydrogen-bond donors (Lipinski definition) is 2. The van der Waals surface area contributed by atoms with Gasteiger partial charge in [-0.1, -0.05) is 12.1 Å². The zero-order valence-electron chi connectivity index (χ0n) is 10.9. The first-order chi connectivity index (χ1) is 8.22. The number of nitrogens with one attached hydrogen (secondary N) is 1. The Hall–Kier alpha value is -1.11. The Balaban J connectivity index is 2.70. The fourth-order valence-corrected chi connectivity index (χ4v) is 2.64. The van der Waals surface area contributed by atoms with Gasteiger partial charge < -0.3 is 10.5 Å². The monoisotopic (exact) mass is 272 g/mol. The molecule has 0 amide bonds. The number of hydrogen-bond acceptors (Lipinski definition) is 4. The molecule has 3 N–H and O–H groups in total. The average molecular weight is 272 g/mol. The number of nitrogens with two attached hydrogens (primary N) is 1. The number of rotatable bonds is 6. The maximum absolute atomic E-state index is 11.8. The highest BCUT2D eigenvalue weighted by atomic mass is 32.2. The van der Waals surface area contributed by atoms with E-state index in [0.717, 1.165) is 0 Å². The van der Waals surface area contributed by atoms with Gasteiger partial charge in [-0.15, -0.1) is 0 Å². The van der Waals surface area contributed by atoms with Crippen LogP contribution in [0.2, 0.25) is 0 Å². The zero-order valence-corrected chi connectivity index (χ0v) is 11.8. The number of ether oxygens (including phenoxy) is 1. The summed E-state index contributed by atoms with van der Waals surface area (Å²) < 4.78 is 31.2. The summed E-state index contributed by atoms with van der Waals surface area (Å²) in [6.45, 7) is 3.74. The van der Waals surface area contributed by atoms with Crippen molar-refractivity contribution in [2.45, 2.75) is 25.1 Å². The van der Waals surface area contributed by atoms with Crippen molar-refractivity contribution in [2.75, 3.05) is 13.7 Å². The molecule has 0 aliphatic carbocycles. The Morgan fingerprint density at radius 2 is 2.06 bits per heavy atom. The van der Waals surface area contributed by atoms with Crippen molar-refractivity contribution in [3.63, 3.8) is 0 Å². The predicted octanol–water partition coefficient (Wildman–Crippen LogP) is 0.852. The Morgan fingerprint density at radius 1 is 1.39 bits per heavy atom. The minimum atomic E-state index is -3.38. The molecule has 18 heavy (non-hydrogen) atoms. The molecular formula is C12H20N2O3S. The van der Waals surface area contributed by atoms with Gasteiger partial charge >= 0.3 is 0 Å². The summed E-state index contributed by atoms with van der Waals surface area (Å²) in [5.74, 6) is 0.558. The maximum atomic E-state index is 11.8. The van der Waals surface area contributed by atoms with Crippen molar-refractivity contribution in [1.29, 1.82) is 0 Å². The van der Waals surface area contributed by atoms with Crippen LogP contribution in [0.1, 0.15) is 19.4 Å². The summed E-state index contributed by atoms with van der Waals surface area (Å²) in [4.78, 5) is 0. The van der Waals surface area contributed by atoms with E-state index < -0.39 is 15.6 Å². The quantitative estimate of drug-likeness (QED) is 0.804. The van der Waals surface area contributed by atoms with E-state index in [9.17, 15) is 8.42 Å². The van der Waals surface area contributed by atoms with E-state index >= 15 is 0 Å². The van der Waals surface area contributed by atoms with Crippen molar-refractivity contribution >= 4 is 10.0 Å². The summed E-state index contributed by atoms with van der Waals surface area (Å²) in [5, 5.41) is 0. The largest absolute Gasteiger partial charge is 0.497 e. The smallest absolute Gasteiger partial charge is 0.215 e. The second-order valence-corrected chi connectivity index (χ2v) is 6.73. The van der Waals surface area contributed by atoms with Gasteiger partial charge in [-0.2, -0.15) is 0 Å². The van der Waals surface area contributed by atoms with Crippen LogP contribution in [0.25, 0.3) is 0 Å². The van der Waals surface area contributed by atoms with Crippen LogP contribution in [-0.2, 0) is 15.8 Å². The first-order valence-electron chi connectivity index (χ1n) is 5.61. The normalized spacial score (nSPS) is 12.4. The van der Waals surface area contributed by atoms with Crippen molar-refractivity contribution in [3.05, 3.63) is 29.8 Å². The molecule has 0 fully saturated rings. The van der Waals surface area contributed by atoms with Gasteiger partial charge in [-0.05, 0) is 31.5 Å². The molecule has 0 radical (unpaired) electrons. The molecular weight excluding hydrogens is 252 g/mol. The Morgan fingerprint density at radius 3 is 2.61 bits per heavy atom. The molecule has 0 unspecified atom stereocenters. The number of benzene rings is 1. The Kier molecular flexibility index (Phi) is 4.72. The lowest BCUT2D eigenvalue weighted by molar-refractivity contribution is 0.414. The molecule has 6 heteroatoms.